The number of sulfonamides is 1. The molecule has 4 rings (SSSR count). The Labute approximate surface area is 152 Å². The van der Waals surface area contributed by atoms with Crippen molar-refractivity contribution in [3.63, 3.8) is 0 Å². The predicted octanol–water partition coefficient (Wildman–Crippen LogP) is 3.03. The molecule has 1 fully saturated rings. The molecule has 2 heterocycles. The number of oxazole rings is 1. The van der Waals surface area contributed by atoms with Crippen molar-refractivity contribution in [3.05, 3.63) is 60.8 Å². The molecule has 0 aliphatic carbocycles. The van der Waals surface area contributed by atoms with Crippen LogP contribution in [0.5, 0.6) is 0 Å². The van der Waals surface area contributed by atoms with Crippen LogP contribution < -0.4 is 0 Å². The average molecular weight is 370 g/mol. The third-order valence-corrected chi connectivity index (χ3v) is 6.19. The fraction of sp³-hybridized carbons (Fsp3) is 0.211. The van der Waals surface area contributed by atoms with E-state index in [1.807, 2.05) is 30.3 Å². The monoisotopic (exact) mass is 370 g/mol. The lowest BCUT2D eigenvalue weighted by Gasteiger charge is -2.26. The van der Waals surface area contributed by atoms with Crippen LogP contribution in [-0.4, -0.2) is 44.0 Å². The summed E-state index contributed by atoms with van der Waals surface area (Å²) < 4.78 is 37.8. The second kappa shape index (κ2) is 7.03. The van der Waals surface area contributed by atoms with Crippen molar-refractivity contribution in [2.75, 3.05) is 26.3 Å². The number of morpholine rings is 1. The van der Waals surface area contributed by atoms with Gasteiger partial charge in [-0.05, 0) is 24.3 Å². The van der Waals surface area contributed by atoms with Crippen LogP contribution in [0, 0.1) is 0 Å². The number of benzene rings is 2. The maximum atomic E-state index is 12.7. The molecule has 0 spiro atoms. The number of hydrogen-bond donors (Lipinski definition) is 0. The summed E-state index contributed by atoms with van der Waals surface area (Å²) in [4.78, 5) is 4.56. The van der Waals surface area contributed by atoms with Gasteiger partial charge in [-0.15, -0.1) is 0 Å². The first-order valence-corrected chi connectivity index (χ1v) is 9.78. The first-order chi connectivity index (χ1) is 12.6. The molecule has 0 N–H and O–H groups in total. The van der Waals surface area contributed by atoms with Gasteiger partial charge in [0.1, 0.15) is 0 Å². The van der Waals surface area contributed by atoms with Gasteiger partial charge in [0, 0.05) is 24.2 Å². The molecule has 1 aliphatic rings. The zero-order chi connectivity index (χ0) is 18.0. The molecule has 0 bridgehead atoms. The van der Waals surface area contributed by atoms with E-state index in [0.29, 0.717) is 38.0 Å². The molecule has 6 nitrogen and oxygen atoms in total. The molecule has 134 valence electrons. The van der Waals surface area contributed by atoms with Gasteiger partial charge in [0.2, 0.25) is 15.9 Å². The summed E-state index contributed by atoms with van der Waals surface area (Å²) in [5.74, 6) is 1.13. The van der Waals surface area contributed by atoms with Crippen molar-refractivity contribution in [1.82, 2.24) is 9.29 Å². The van der Waals surface area contributed by atoms with Crippen LogP contribution in [0.2, 0.25) is 0 Å². The summed E-state index contributed by atoms with van der Waals surface area (Å²) in [5, 5.41) is 0. The van der Waals surface area contributed by atoms with E-state index in [9.17, 15) is 8.42 Å². The third kappa shape index (κ3) is 3.29. The maximum Gasteiger partial charge on any atom is 0.243 e. The Balaban J connectivity index is 1.57. The summed E-state index contributed by atoms with van der Waals surface area (Å²) in [6.45, 7) is 1.61. The number of hydrogen-bond acceptors (Lipinski definition) is 5. The van der Waals surface area contributed by atoms with Gasteiger partial charge in [-0.1, -0.05) is 30.3 Å². The van der Waals surface area contributed by atoms with Crippen LogP contribution in [0.3, 0.4) is 0 Å². The third-order valence-electron chi connectivity index (χ3n) is 4.27. The first kappa shape index (κ1) is 17.0. The number of aromatic nitrogens is 1. The van der Waals surface area contributed by atoms with E-state index < -0.39 is 10.0 Å². The summed E-state index contributed by atoms with van der Waals surface area (Å²) in [5.41, 5.74) is 1.67. The molecule has 1 saturated heterocycles. The van der Waals surface area contributed by atoms with Crippen molar-refractivity contribution in [1.29, 1.82) is 0 Å². The lowest BCUT2D eigenvalue weighted by molar-refractivity contribution is 0.0730. The van der Waals surface area contributed by atoms with E-state index in [-0.39, 0.29) is 4.90 Å². The van der Waals surface area contributed by atoms with Crippen molar-refractivity contribution >= 4 is 10.0 Å². The second-order valence-corrected chi connectivity index (χ2v) is 7.87. The topological polar surface area (TPSA) is 72.6 Å². The van der Waals surface area contributed by atoms with Crippen molar-refractivity contribution in [2.45, 2.75) is 4.90 Å². The number of ether oxygens (including phenoxy) is 1. The Morgan fingerprint density at radius 1 is 0.885 bits per heavy atom. The van der Waals surface area contributed by atoms with Gasteiger partial charge in [0.15, 0.2) is 5.76 Å². The van der Waals surface area contributed by atoms with E-state index in [1.165, 1.54) is 4.31 Å². The molecule has 0 unspecified atom stereocenters. The molecule has 0 saturated carbocycles. The van der Waals surface area contributed by atoms with Crippen LogP contribution in [0.1, 0.15) is 0 Å². The Morgan fingerprint density at radius 3 is 2.27 bits per heavy atom. The molecule has 0 radical (unpaired) electrons. The molecular weight excluding hydrogens is 352 g/mol. The molecule has 0 atom stereocenters. The number of rotatable bonds is 4. The van der Waals surface area contributed by atoms with Gasteiger partial charge in [-0.25, -0.2) is 13.4 Å². The molecule has 2 aromatic carbocycles. The molecule has 3 aromatic rings. The van der Waals surface area contributed by atoms with E-state index in [2.05, 4.69) is 4.98 Å². The molecule has 7 heteroatoms. The Hall–Kier alpha value is -2.48. The van der Waals surface area contributed by atoms with E-state index in [1.54, 1.807) is 30.5 Å². The minimum absolute atomic E-state index is 0.262. The molecule has 0 amide bonds. The van der Waals surface area contributed by atoms with Crippen molar-refractivity contribution < 1.29 is 17.6 Å². The minimum Gasteiger partial charge on any atom is -0.436 e. The Morgan fingerprint density at radius 2 is 1.58 bits per heavy atom. The SMILES string of the molecule is O=S(=O)(c1ccc(-c2ncc(-c3ccccc3)o2)cc1)N1CCOCC1. The first-order valence-electron chi connectivity index (χ1n) is 8.34. The largest absolute Gasteiger partial charge is 0.436 e. The van der Waals surface area contributed by atoms with Gasteiger partial charge in [-0.3, -0.25) is 0 Å². The highest BCUT2D eigenvalue weighted by Gasteiger charge is 2.26. The predicted molar refractivity (Wildman–Crippen MR) is 97.0 cm³/mol. The van der Waals surface area contributed by atoms with E-state index >= 15 is 0 Å². The van der Waals surface area contributed by atoms with Crippen molar-refractivity contribution in [2.24, 2.45) is 0 Å². The standard InChI is InChI=1S/C19H18N2O4S/c22-26(23,21-10-12-24-13-11-21)17-8-6-16(7-9-17)19-20-14-18(25-19)15-4-2-1-3-5-15/h1-9,14H,10-13H2. The Kier molecular flexibility index (Phi) is 4.58. The van der Waals surface area contributed by atoms with E-state index in [4.69, 9.17) is 9.15 Å². The lowest BCUT2D eigenvalue weighted by atomic mass is 10.2. The van der Waals surface area contributed by atoms with Gasteiger partial charge in [-0.2, -0.15) is 4.31 Å². The van der Waals surface area contributed by atoms with Crippen LogP contribution in [0.4, 0.5) is 0 Å². The molecule has 1 aliphatic heterocycles. The normalized spacial score (nSPS) is 15.8. The lowest BCUT2D eigenvalue weighted by Crippen LogP contribution is -2.40. The molecule has 1 aromatic heterocycles. The molecular formula is C19H18N2O4S. The summed E-state index contributed by atoms with van der Waals surface area (Å²) in [6, 6.07) is 16.3. The van der Waals surface area contributed by atoms with Gasteiger partial charge in [0.25, 0.3) is 0 Å². The fourth-order valence-corrected chi connectivity index (χ4v) is 4.26. The van der Waals surface area contributed by atoms with E-state index in [0.717, 1.165) is 11.1 Å². The number of nitrogens with zero attached hydrogens (tertiary/aromatic N) is 2. The van der Waals surface area contributed by atoms with Crippen LogP contribution in [-0.2, 0) is 14.8 Å². The highest BCUT2D eigenvalue weighted by atomic mass is 32.2. The quantitative estimate of drug-likeness (QED) is 0.706. The van der Waals surface area contributed by atoms with Crippen molar-refractivity contribution in [3.8, 4) is 22.8 Å². The summed E-state index contributed by atoms with van der Waals surface area (Å²) in [7, 11) is -3.50. The van der Waals surface area contributed by atoms with Crippen LogP contribution >= 0.6 is 0 Å². The highest BCUT2D eigenvalue weighted by molar-refractivity contribution is 7.89. The van der Waals surface area contributed by atoms with Crippen LogP contribution in [0.25, 0.3) is 22.8 Å². The van der Waals surface area contributed by atoms with Gasteiger partial charge < -0.3 is 9.15 Å². The van der Waals surface area contributed by atoms with Gasteiger partial charge in [0.05, 0.1) is 24.3 Å². The average Bonchev–Trinajstić information content (AvgIpc) is 3.20. The van der Waals surface area contributed by atoms with Crippen LogP contribution in [0.15, 0.2) is 70.1 Å². The molecule has 26 heavy (non-hydrogen) atoms. The highest BCUT2D eigenvalue weighted by Crippen LogP contribution is 2.27. The fourth-order valence-electron chi connectivity index (χ4n) is 2.85. The zero-order valence-corrected chi connectivity index (χ0v) is 14.9. The zero-order valence-electron chi connectivity index (χ0n) is 14.0. The minimum atomic E-state index is -3.50. The summed E-state index contributed by atoms with van der Waals surface area (Å²) >= 11 is 0. The smallest absolute Gasteiger partial charge is 0.243 e. The maximum absolute atomic E-state index is 12.7. The Bertz CT molecular complexity index is 976. The summed E-state index contributed by atoms with van der Waals surface area (Å²) in [6.07, 6.45) is 1.67. The van der Waals surface area contributed by atoms with Gasteiger partial charge >= 0.3 is 0 Å². The second-order valence-electron chi connectivity index (χ2n) is 5.94.